The number of nitro groups is 2. The van der Waals surface area contributed by atoms with Gasteiger partial charge in [-0.1, -0.05) is 60.7 Å². The molecule has 2 fully saturated rings. The van der Waals surface area contributed by atoms with Gasteiger partial charge >= 0.3 is 0 Å². The number of aromatic nitrogens is 4. The summed E-state index contributed by atoms with van der Waals surface area (Å²) in [5.41, 5.74) is 4.34. The number of hydrogen-bond donors (Lipinski definition) is 0. The molecule has 2 saturated heterocycles. The quantitative estimate of drug-likeness (QED) is 0.116. The van der Waals surface area contributed by atoms with Crippen LogP contribution >= 0.6 is 0 Å². The first-order valence-electron chi connectivity index (χ1n) is 17.3. The van der Waals surface area contributed by atoms with Crippen molar-refractivity contribution >= 4 is 33.2 Å². The molecule has 0 radical (unpaired) electrons. The summed E-state index contributed by atoms with van der Waals surface area (Å²) in [6, 6.07) is 29.9. The largest absolute Gasteiger partial charge is 0.370 e. The van der Waals surface area contributed by atoms with Gasteiger partial charge in [0.1, 0.15) is 0 Å². The van der Waals surface area contributed by atoms with E-state index < -0.39 is 0 Å². The van der Waals surface area contributed by atoms with Gasteiger partial charge in [0.05, 0.1) is 57.6 Å². The Bertz CT molecular complexity index is 2010. The number of hydrogen-bond acceptors (Lipinski definition) is 9. The number of fused-ring (bicyclic) bond motifs is 2. The highest BCUT2D eigenvalue weighted by Crippen LogP contribution is 2.35. The van der Waals surface area contributed by atoms with E-state index in [9.17, 15) is 20.2 Å². The van der Waals surface area contributed by atoms with E-state index in [0.29, 0.717) is 26.2 Å². The van der Waals surface area contributed by atoms with Crippen LogP contribution in [0, 0.1) is 20.2 Å². The molecular weight excluding hydrogens is 648 g/mol. The second-order valence-corrected chi connectivity index (χ2v) is 13.5. The topological polar surface area (TPSA) is 138 Å². The zero-order valence-corrected chi connectivity index (χ0v) is 28.0. The summed E-state index contributed by atoms with van der Waals surface area (Å²) in [5.74, 6) is 0. The third kappa shape index (κ3) is 6.83. The Morgan fingerprint density at radius 3 is 1.43 bits per heavy atom. The lowest BCUT2D eigenvalue weighted by atomic mass is 9.97. The Morgan fingerprint density at radius 2 is 1.02 bits per heavy atom. The predicted octanol–water partition coefficient (Wildman–Crippen LogP) is 6.55. The second kappa shape index (κ2) is 14.0. The van der Waals surface area contributed by atoms with Gasteiger partial charge in [-0.25, -0.2) is 0 Å². The van der Waals surface area contributed by atoms with Crippen molar-refractivity contribution in [3.63, 3.8) is 0 Å². The molecule has 51 heavy (non-hydrogen) atoms. The number of piperidine rings is 2. The minimum absolute atomic E-state index is 0.0650. The number of benzene rings is 4. The molecular formula is C38H38N8O5. The molecule has 2 aliphatic rings. The lowest BCUT2D eigenvalue weighted by Gasteiger charge is -2.44. The first kappa shape index (κ1) is 32.7. The summed E-state index contributed by atoms with van der Waals surface area (Å²) in [6.07, 6.45) is 5.19. The Labute approximate surface area is 293 Å². The van der Waals surface area contributed by atoms with Crippen molar-refractivity contribution < 1.29 is 14.6 Å². The SMILES string of the molecule is O=[N+]([O-])c1ccc(CN2CCC(OC3CCN(Cc4ccc([N+](=O)[O-])cc4)CC3n3ncc4ccccc43)C(n3ncc4ccccc43)C2)cc1. The maximum Gasteiger partial charge on any atom is 0.269 e. The molecule has 260 valence electrons. The van der Waals surface area contributed by atoms with Crippen LogP contribution in [0.4, 0.5) is 11.4 Å². The average Bonchev–Trinajstić information content (AvgIpc) is 3.78. The molecule has 0 aliphatic carbocycles. The smallest absolute Gasteiger partial charge is 0.269 e. The lowest BCUT2D eigenvalue weighted by molar-refractivity contribution is -0.385. The van der Waals surface area contributed by atoms with Gasteiger partial charge in [-0.3, -0.25) is 39.4 Å². The van der Waals surface area contributed by atoms with E-state index in [1.165, 1.54) is 0 Å². The summed E-state index contributed by atoms with van der Waals surface area (Å²) in [4.78, 5) is 26.5. The van der Waals surface area contributed by atoms with Crippen LogP contribution in [0.2, 0.25) is 0 Å². The van der Waals surface area contributed by atoms with Crippen molar-refractivity contribution in [3.05, 3.63) is 141 Å². The Morgan fingerprint density at radius 1 is 0.608 bits per heavy atom. The highest BCUT2D eigenvalue weighted by molar-refractivity contribution is 5.79. The van der Waals surface area contributed by atoms with Crippen LogP contribution in [0.1, 0.15) is 36.1 Å². The van der Waals surface area contributed by atoms with E-state index in [-0.39, 0.29) is 45.5 Å². The van der Waals surface area contributed by atoms with Gasteiger partial charge in [-0.05, 0) is 36.1 Å². The number of nitrogens with zero attached hydrogens (tertiary/aromatic N) is 8. The summed E-state index contributed by atoms with van der Waals surface area (Å²) in [5, 5.41) is 34.4. The molecule has 2 aromatic heterocycles. The molecule has 0 bridgehead atoms. The number of likely N-dealkylation sites (tertiary alicyclic amines) is 2. The van der Waals surface area contributed by atoms with Crippen molar-refractivity contribution in [1.29, 1.82) is 0 Å². The van der Waals surface area contributed by atoms with Crippen molar-refractivity contribution in [2.75, 3.05) is 26.2 Å². The van der Waals surface area contributed by atoms with Crippen LogP contribution in [-0.4, -0.2) is 77.6 Å². The number of ether oxygens (including phenoxy) is 1. The fourth-order valence-corrected chi connectivity index (χ4v) is 7.73. The molecule has 13 heteroatoms. The minimum atomic E-state index is -0.370. The van der Waals surface area contributed by atoms with E-state index in [1.807, 2.05) is 60.9 Å². The van der Waals surface area contributed by atoms with E-state index >= 15 is 0 Å². The van der Waals surface area contributed by atoms with Gasteiger partial charge in [-0.2, -0.15) is 10.2 Å². The van der Waals surface area contributed by atoms with Crippen LogP contribution in [-0.2, 0) is 17.8 Å². The number of para-hydroxylation sites is 2. The Kier molecular flexibility index (Phi) is 8.99. The molecule has 8 rings (SSSR count). The minimum Gasteiger partial charge on any atom is -0.370 e. The molecule has 0 amide bonds. The van der Waals surface area contributed by atoms with Crippen molar-refractivity contribution in [3.8, 4) is 0 Å². The average molecular weight is 687 g/mol. The molecule has 4 unspecified atom stereocenters. The summed E-state index contributed by atoms with van der Waals surface area (Å²) in [6.45, 7) is 4.38. The van der Waals surface area contributed by atoms with E-state index in [1.54, 1.807) is 24.3 Å². The summed E-state index contributed by atoms with van der Waals surface area (Å²) in [7, 11) is 0. The summed E-state index contributed by atoms with van der Waals surface area (Å²) >= 11 is 0. The van der Waals surface area contributed by atoms with Crippen molar-refractivity contribution in [2.45, 2.75) is 50.2 Å². The van der Waals surface area contributed by atoms with E-state index in [4.69, 9.17) is 14.9 Å². The van der Waals surface area contributed by atoms with Gasteiger partial charge in [0.15, 0.2) is 0 Å². The molecule has 2 aliphatic heterocycles. The molecule has 6 aromatic rings. The maximum atomic E-state index is 11.2. The van der Waals surface area contributed by atoms with Gasteiger partial charge in [-0.15, -0.1) is 0 Å². The monoisotopic (exact) mass is 686 g/mol. The Balaban J connectivity index is 1.07. The van der Waals surface area contributed by atoms with Crippen LogP contribution in [0.3, 0.4) is 0 Å². The Hall–Kier alpha value is -5.50. The van der Waals surface area contributed by atoms with Crippen molar-refractivity contribution in [1.82, 2.24) is 29.4 Å². The van der Waals surface area contributed by atoms with Gasteiger partial charge in [0.2, 0.25) is 0 Å². The number of non-ortho nitro benzene ring substituents is 2. The number of rotatable bonds is 10. The molecule has 13 nitrogen and oxygen atoms in total. The van der Waals surface area contributed by atoms with E-state index in [0.717, 1.165) is 58.9 Å². The molecule has 4 heterocycles. The first-order chi connectivity index (χ1) is 24.9. The standard InChI is InChI=1S/C38H38N8O5/c47-45(48)31-13-9-27(10-14-31)23-41-19-17-37(35(25-41)43-33-7-3-1-5-29(33)21-39-43)51-38-18-20-42(24-28-11-15-32(16-12-28)46(49)50)26-36(38)44-34-8-4-2-6-30(34)22-40-44/h1-16,21-22,35-38H,17-20,23-26H2. The van der Waals surface area contributed by atoms with Crippen LogP contribution in [0.25, 0.3) is 21.8 Å². The zero-order chi connectivity index (χ0) is 34.9. The maximum absolute atomic E-state index is 11.2. The normalized spacial score (nSPS) is 21.6. The van der Waals surface area contributed by atoms with Crippen molar-refractivity contribution in [2.24, 2.45) is 0 Å². The molecule has 0 N–H and O–H groups in total. The summed E-state index contributed by atoms with van der Waals surface area (Å²) < 4.78 is 11.5. The van der Waals surface area contributed by atoms with Crippen LogP contribution in [0.15, 0.2) is 109 Å². The van der Waals surface area contributed by atoms with Crippen LogP contribution in [0.5, 0.6) is 0 Å². The fraction of sp³-hybridized carbons (Fsp3) is 0.316. The zero-order valence-electron chi connectivity index (χ0n) is 28.0. The first-order valence-corrected chi connectivity index (χ1v) is 17.3. The van der Waals surface area contributed by atoms with Crippen LogP contribution < -0.4 is 0 Å². The predicted molar refractivity (Wildman–Crippen MR) is 192 cm³/mol. The fourth-order valence-electron chi connectivity index (χ4n) is 7.73. The van der Waals surface area contributed by atoms with E-state index in [2.05, 4.69) is 43.4 Å². The third-order valence-corrected chi connectivity index (χ3v) is 10.3. The highest BCUT2D eigenvalue weighted by Gasteiger charge is 2.39. The lowest BCUT2D eigenvalue weighted by Crippen LogP contribution is -2.50. The number of nitro benzene ring substituents is 2. The molecule has 0 saturated carbocycles. The van der Waals surface area contributed by atoms with Gasteiger partial charge in [0.25, 0.3) is 11.4 Å². The van der Waals surface area contributed by atoms with Gasteiger partial charge in [0, 0.05) is 74.3 Å². The third-order valence-electron chi connectivity index (χ3n) is 10.3. The highest BCUT2D eigenvalue weighted by atomic mass is 16.6. The molecule has 4 atom stereocenters. The van der Waals surface area contributed by atoms with Gasteiger partial charge < -0.3 is 4.74 Å². The molecule has 0 spiro atoms. The second-order valence-electron chi connectivity index (χ2n) is 13.5. The molecule has 4 aromatic carbocycles.